The smallest absolute Gasteiger partial charge is 0.288 e. The number of benzene rings is 1. The van der Waals surface area contributed by atoms with E-state index >= 15 is 0 Å². The van der Waals surface area contributed by atoms with E-state index in [1.54, 1.807) is 11.1 Å². The molecule has 0 aliphatic carbocycles. The summed E-state index contributed by atoms with van der Waals surface area (Å²) in [5.41, 5.74) is 1.67. The molecule has 0 N–H and O–H groups in total. The van der Waals surface area contributed by atoms with Gasteiger partial charge in [0.05, 0.1) is 13.2 Å². The maximum atomic E-state index is 12.5. The topological polar surface area (TPSA) is 58.6 Å². The van der Waals surface area contributed by atoms with Crippen molar-refractivity contribution in [3.63, 3.8) is 0 Å². The zero-order chi connectivity index (χ0) is 13.9. The largest absolute Gasteiger partial charge is 0.355 e. The molecular weight excluding hydrogens is 256 g/mol. The van der Waals surface area contributed by atoms with Crippen LogP contribution in [0.3, 0.4) is 0 Å². The van der Waals surface area contributed by atoms with Crippen LogP contribution in [0.2, 0.25) is 0 Å². The molecule has 102 valence electrons. The quantitative estimate of drug-likeness (QED) is 0.859. The number of amides is 2. The Morgan fingerprint density at radius 1 is 1.30 bits per heavy atom. The lowest BCUT2D eigenvalue weighted by molar-refractivity contribution is 0.125. The average Bonchev–Trinajstić information content (AvgIpc) is 2.51. The molecule has 1 aromatic heterocycles. The van der Waals surface area contributed by atoms with Crippen molar-refractivity contribution in [2.75, 3.05) is 16.6 Å². The van der Waals surface area contributed by atoms with Gasteiger partial charge in [-0.25, -0.2) is 14.8 Å². The summed E-state index contributed by atoms with van der Waals surface area (Å²) in [5, 5.41) is 1.23. The first kappa shape index (κ1) is 12.6. The van der Waals surface area contributed by atoms with Gasteiger partial charge in [0.2, 0.25) is 0 Å². The SMILES string of the molecule is CCON1C(=O)N(c2ccccc2)Cc2cncnc21. The van der Waals surface area contributed by atoms with E-state index in [2.05, 4.69) is 9.97 Å². The maximum Gasteiger partial charge on any atom is 0.355 e. The Labute approximate surface area is 116 Å². The highest BCUT2D eigenvalue weighted by Crippen LogP contribution is 2.29. The Morgan fingerprint density at radius 2 is 2.10 bits per heavy atom. The van der Waals surface area contributed by atoms with Gasteiger partial charge in [-0.2, -0.15) is 5.06 Å². The summed E-state index contributed by atoms with van der Waals surface area (Å²) in [6.07, 6.45) is 3.12. The predicted octanol–water partition coefficient (Wildman–Crippen LogP) is 2.37. The summed E-state index contributed by atoms with van der Waals surface area (Å²) in [6, 6.07) is 9.22. The number of aromatic nitrogens is 2. The van der Waals surface area contributed by atoms with E-state index < -0.39 is 0 Å². The molecule has 1 aromatic carbocycles. The summed E-state index contributed by atoms with van der Waals surface area (Å²) in [6.45, 7) is 2.65. The van der Waals surface area contributed by atoms with Gasteiger partial charge in [0.15, 0.2) is 5.82 Å². The molecule has 0 saturated heterocycles. The van der Waals surface area contributed by atoms with Crippen molar-refractivity contribution in [3.05, 3.63) is 48.4 Å². The molecule has 0 spiro atoms. The molecule has 6 nitrogen and oxygen atoms in total. The molecule has 1 aliphatic heterocycles. The van der Waals surface area contributed by atoms with Gasteiger partial charge in [-0.05, 0) is 19.1 Å². The van der Waals surface area contributed by atoms with Gasteiger partial charge in [0, 0.05) is 17.4 Å². The standard InChI is InChI=1S/C14H14N4O2/c1-2-20-18-13-11(8-15-10-16-13)9-17(14(18)19)12-6-4-3-5-7-12/h3-8,10H,2,9H2,1H3. The van der Waals surface area contributed by atoms with Crippen molar-refractivity contribution < 1.29 is 9.63 Å². The summed E-state index contributed by atoms with van der Waals surface area (Å²) in [5.74, 6) is 0.513. The van der Waals surface area contributed by atoms with Gasteiger partial charge in [-0.15, -0.1) is 0 Å². The number of rotatable bonds is 3. The number of anilines is 2. The van der Waals surface area contributed by atoms with Gasteiger partial charge >= 0.3 is 6.03 Å². The average molecular weight is 270 g/mol. The minimum atomic E-state index is -0.246. The Morgan fingerprint density at radius 3 is 2.85 bits per heavy atom. The number of urea groups is 1. The molecule has 0 fully saturated rings. The lowest BCUT2D eigenvalue weighted by Gasteiger charge is -2.34. The van der Waals surface area contributed by atoms with Crippen LogP contribution in [-0.4, -0.2) is 22.6 Å². The summed E-state index contributed by atoms with van der Waals surface area (Å²) in [4.78, 5) is 27.8. The third-order valence-corrected chi connectivity index (χ3v) is 3.02. The number of hydroxylamine groups is 1. The second kappa shape index (κ2) is 5.26. The maximum absolute atomic E-state index is 12.5. The van der Waals surface area contributed by atoms with Crippen molar-refractivity contribution in [2.24, 2.45) is 0 Å². The molecule has 2 amide bonds. The minimum Gasteiger partial charge on any atom is -0.288 e. The van der Waals surface area contributed by atoms with E-state index in [1.165, 1.54) is 11.4 Å². The number of para-hydroxylation sites is 1. The van der Waals surface area contributed by atoms with Crippen LogP contribution in [0.4, 0.5) is 16.3 Å². The molecule has 2 aromatic rings. The fourth-order valence-electron chi connectivity index (χ4n) is 2.14. The molecule has 2 heterocycles. The van der Waals surface area contributed by atoms with Gasteiger partial charge < -0.3 is 0 Å². The van der Waals surface area contributed by atoms with Crippen LogP contribution in [0.1, 0.15) is 12.5 Å². The van der Waals surface area contributed by atoms with Crippen LogP contribution >= 0.6 is 0 Å². The van der Waals surface area contributed by atoms with Crippen molar-refractivity contribution >= 4 is 17.5 Å². The van der Waals surface area contributed by atoms with E-state index in [4.69, 9.17) is 4.84 Å². The van der Waals surface area contributed by atoms with E-state index in [0.717, 1.165) is 11.3 Å². The zero-order valence-electron chi connectivity index (χ0n) is 11.1. The Hall–Kier alpha value is -2.47. The van der Waals surface area contributed by atoms with Crippen LogP contribution in [-0.2, 0) is 11.4 Å². The van der Waals surface area contributed by atoms with E-state index in [9.17, 15) is 4.79 Å². The van der Waals surface area contributed by atoms with Crippen LogP contribution in [0.25, 0.3) is 0 Å². The second-order valence-corrected chi connectivity index (χ2v) is 4.29. The first-order valence-electron chi connectivity index (χ1n) is 6.39. The summed E-state index contributed by atoms with van der Waals surface area (Å²) >= 11 is 0. The van der Waals surface area contributed by atoms with Crippen molar-refractivity contribution in [1.82, 2.24) is 9.97 Å². The monoisotopic (exact) mass is 270 g/mol. The first-order chi connectivity index (χ1) is 9.81. The highest BCUT2D eigenvalue weighted by atomic mass is 16.7. The third-order valence-electron chi connectivity index (χ3n) is 3.02. The molecule has 0 atom stereocenters. The molecular formula is C14H14N4O2. The number of hydrogen-bond acceptors (Lipinski definition) is 4. The third kappa shape index (κ3) is 2.10. The Bertz CT molecular complexity index is 618. The Kier molecular flexibility index (Phi) is 3.30. The fourth-order valence-corrected chi connectivity index (χ4v) is 2.14. The van der Waals surface area contributed by atoms with Gasteiger partial charge in [0.1, 0.15) is 6.33 Å². The van der Waals surface area contributed by atoms with Crippen LogP contribution in [0, 0.1) is 0 Å². The number of fused-ring (bicyclic) bond motifs is 1. The van der Waals surface area contributed by atoms with Gasteiger partial charge in [-0.1, -0.05) is 18.2 Å². The van der Waals surface area contributed by atoms with Crippen LogP contribution in [0.5, 0.6) is 0 Å². The van der Waals surface area contributed by atoms with Crippen LogP contribution in [0.15, 0.2) is 42.9 Å². The lowest BCUT2D eigenvalue weighted by Crippen LogP contribution is -2.47. The molecule has 3 rings (SSSR count). The molecule has 20 heavy (non-hydrogen) atoms. The lowest BCUT2D eigenvalue weighted by atomic mass is 10.2. The molecule has 0 saturated carbocycles. The van der Waals surface area contributed by atoms with E-state index in [0.29, 0.717) is 19.0 Å². The van der Waals surface area contributed by atoms with Crippen molar-refractivity contribution in [1.29, 1.82) is 0 Å². The van der Waals surface area contributed by atoms with Gasteiger partial charge in [-0.3, -0.25) is 9.74 Å². The summed E-state index contributed by atoms with van der Waals surface area (Å²) < 4.78 is 0. The van der Waals surface area contributed by atoms with E-state index in [-0.39, 0.29) is 6.03 Å². The highest BCUT2D eigenvalue weighted by Gasteiger charge is 2.33. The summed E-state index contributed by atoms with van der Waals surface area (Å²) in [7, 11) is 0. The van der Waals surface area contributed by atoms with Crippen molar-refractivity contribution in [3.8, 4) is 0 Å². The highest BCUT2D eigenvalue weighted by molar-refractivity contribution is 6.03. The molecule has 6 heteroatoms. The van der Waals surface area contributed by atoms with Gasteiger partial charge in [0.25, 0.3) is 0 Å². The van der Waals surface area contributed by atoms with Crippen LogP contribution < -0.4 is 9.96 Å². The number of nitrogens with zero attached hydrogens (tertiary/aromatic N) is 4. The second-order valence-electron chi connectivity index (χ2n) is 4.29. The molecule has 0 bridgehead atoms. The molecule has 0 unspecified atom stereocenters. The zero-order valence-corrected chi connectivity index (χ0v) is 11.1. The normalized spacial score (nSPS) is 14.3. The number of carbonyl (C=O) groups is 1. The van der Waals surface area contributed by atoms with Crippen molar-refractivity contribution in [2.45, 2.75) is 13.5 Å². The Balaban J connectivity index is 2.02. The number of carbonyl (C=O) groups excluding carboxylic acids is 1. The molecule has 0 radical (unpaired) electrons. The minimum absolute atomic E-state index is 0.246. The predicted molar refractivity (Wildman–Crippen MR) is 74.2 cm³/mol. The number of hydrogen-bond donors (Lipinski definition) is 0. The van der Waals surface area contributed by atoms with E-state index in [1.807, 2.05) is 37.3 Å². The first-order valence-corrected chi connectivity index (χ1v) is 6.39. The molecule has 1 aliphatic rings. The fraction of sp³-hybridized carbons (Fsp3) is 0.214.